The van der Waals surface area contributed by atoms with Crippen molar-refractivity contribution in [3.05, 3.63) is 55.5 Å². The fourth-order valence-electron chi connectivity index (χ4n) is 1.75. The highest BCUT2D eigenvalue weighted by Gasteiger charge is 2.05. The summed E-state index contributed by atoms with van der Waals surface area (Å²) in [4.78, 5) is 8.36. The van der Waals surface area contributed by atoms with E-state index in [1.54, 1.807) is 0 Å². The molecule has 0 amide bonds. The molecular formula is C16H12Cl4N2O2. The number of hydrogen-bond donors (Lipinski definition) is 2. The minimum absolute atomic E-state index is 0.0577. The van der Waals surface area contributed by atoms with Crippen LogP contribution in [0.1, 0.15) is 11.1 Å². The van der Waals surface area contributed by atoms with E-state index in [2.05, 4.69) is 9.98 Å². The second kappa shape index (κ2) is 8.58. The average Bonchev–Trinajstić information content (AvgIpc) is 2.52. The van der Waals surface area contributed by atoms with Crippen LogP contribution < -0.4 is 0 Å². The van der Waals surface area contributed by atoms with Crippen LogP contribution in [0.4, 0.5) is 0 Å². The minimum atomic E-state index is -0.0577. The lowest BCUT2D eigenvalue weighted by Crippen LogP contribution is -1.92. The van der Waals surface area contributed by atoms with E-state index in [1.165, 1.54) is 36.7 Å². The number of phenolic OH excluding ortho intramolecular Hbond substituents is 2. The molecule has 0 aromatic heterocycles. The number of phenols is 2. The van der Waals surface area contributed by atoms with Gasteiger partial charge in [-0.3, -0.25) is 9.98 Å². The van der Waals surface area contributed by atoms with E-state index < -0.39 is 0 Å². The molecule has 0 bridgehead atoms. The molecule has 2 N–H and O–H groups in total. The van der Waals surface area contributed by atoms with Gasteiger partial charge in [0.2, 0.25) is 0 Å². The molecule has 0 fully saturated rings. The molecule has 24 heavy (non-hydrogen) atoms. The summed E-state index contributed by atoms with van der Waals surface area (Å²) in [6.45, 7) is 0.820. The lowest BCUT2D eigenvalue weighted by molar-refractivity contribution is 0.475. The third kappa shape index (κ3) is 5.02. The van der Waals surface area contributed by atoms with E-state index in [0.29, 0.717) is 34.3 Å². The summed E-state index contributed by atoms with van der Waals surface area (Å²) in [5, 5.41) is 20.2. The third-order valence-electron chi connectivity index (χ3n) is 2.95. The first kappa shape index (κ1) is 18.9. The maximum atomic E-state index is 9.54. The molecule has 0 saturated carbocycles. The minimum Gasteiger partial charge on any atom is -0.506 e. The molecule has 126 valence electrons. The lowest BCUT2D eigenvalue weighted by atomic mass is 10.2. The monoisotopic (exact) mass is 404 g/mol. The number of nitrogens with zero attached hydrogens (tertiary/aromatic N) is 2. The largest absolute Gasteiger partial charge is 0.506 e. The molecule has 0 unspecified atom stereocenters. The summed E-state index contributed by atoms with van der Waals surface area (Å²) in [6, 6.07) is 5.78. The topological polar surface area (TPSA) is 65.2 Å². The summed E-state index contributed by atoms with van der Waals surface area (Å²) in [6.07, 6.45) is 3.07. The summed E-state index contributed by atoms with van der Waals surface area (Å²) < 4.78 is 0. The molecule has 4 nitrogen and oxygen atoms in total. The smallest absolute Gasteiger partial charge is 0.134 e. The molecule has 0 aliphatic heterocycles. The molecular weight excluding hydrogens is 394 g/mol. The van der Waals surface area contributed by atoms with Crippen LogP contribution in [0.25, 0.3) is 0 Å². The van der Waals surface area contributed by atoms with Crippen molar-refractivity contribution in [3.63, 3.8) is 0 Å². The van der Waals surface area contributed by atoms with Gasteiger partial charge in [0.05, 0.1) is 33.2 Å². The Bertz CT molecular complexity index is 740. The van der Waals surface area contributed by atoms with E-state index in [-0.39, 0.29) is 21.5 Å². The van der Waals surface area contributed by atoms with Crippen molar-refractivity contribution in [2.45, 2.75) is 0 Å². The van der Waals surface area contributed by atoms with Crippen LogP contribution in [0.15, 0.2) is 34.3 Å². The van der Waals surface area contributed by atoms with Gasteiger partial charge in [-0.15, -0.1) is 0 Å². The summed E-state index contributed by atoms with van der Waals surface area (Å²) in [5.74, 6) is -0.115. The highest BCUT2D eigenvalue weighted by atomic mass is 35.5. The molecule has 0 spiro atoms. The van der Waals surface area contributed by atoms with Crippen molar-refractivity contribution in [2.75, 3.05) is 13.1 Å². The van der Waals surface area contributed by atoms with E-state index in [4.69, 9.17) is 46.4 Å². The van der Waals surface area contributed by atoms with Crippen LogP contribution in [0.3, 0.4) is 0 Å². The Balaban J connectivity index is 1.93. The lowest BCUT2D eigenvalue weighted by Gasteiger charge is -2.02. The fourth-order valence-corrected chi connectivity index (χ4v) is 2.61. The maximum absolute atomic E-state index is 9.54. The van der Waals surface area contributed by atoms with Crippen molar-refractivity contribution in [1.29, 1.82) is 0 Å². The third-order valence-corrected chi connectivity index (χ3v) is 4.21. The van der Waals surface area contributed by atoms with Crippen LogP contribution >= 0.6 is 46.4 Å². The summed E-state index contributed by atoms with van der Waals surface area (Å²) in [5.41, 5.74) is 1.13. The van der Waals surface area contributed by atoms with E-state index >= 15 is 0 Å². The second-order valence-corrected chi connectivity index (χ2v) is 6.35. The standard InChI is InChI=1S/C16H12Cl4N2O2/c17-11-5-13(19)15(23)3-9(11)7-21-1-2-22-8-10-4-16(24)14(20)6-12(10)18/h3-8,23-24H,1-2H2. The number of rotatable bonds is 5. The predicted molar refractivity (Wildman–Crippen MR) is 101 cm³/mol. The number of halogens is 4. The molecule has 8 heteroatoms. The van der Waals surface area contributed by atoms with Crippen molar-refractivity contribution < 1.29 is 10.2 Å². The van der Waals surface area contributed by atoms with E-state index in [1.807, 2.05) is 0 Å². The van der Waals surface area contributed by atoms with Gasteiger partial charge in [0.1, 0.15) is 11.5 Å². The number of hydrogen-bond acceptors (Lipinski definition) is 4. The van der Waals surface area contributed by atoms with Crippen LogP contribution in [0, 0.1) is 0 Å². The molecule has 2 rings (SSSR count). The Morgan fingerprint density at radius 2 is 1.04 bits per heavy atom. The van der Waals surface area contributed by atoms with Crippen molar-refractivity contribution in [3.8, 4) is 11.5 Å². The van der Waals surface area contributed by atoms with Gasteiger partial charge in [-0.2, -0.15) is 0 Å². The summed E-state index contributed by atoms with van der Waals surface area (Å²) >= 11 is 23.5. The predicted octanol–water partition coefficient (Wildman–Crippen LogP) is 5.25. The SMILES string of the molecule is Oc1cc(C=NCCN=Cc2cc(O)c(Cl)cc2Cl)c(Cl)cc1Cl. The highest BCUT2D eigenvalue weighted by Crippen LogP contribution is 2.29. The van der Waals surface area contributed by atoms with Gasteiger partial charge in [-0.05, 0) is 24.3 Å². The zero-order valence-electron chi connectivity index (χ0n) is 12.2. The normalized spacial score (nSPS) is 11.7. The Morgan fingerprint density at radius 3 is 1.42 bits per heavy atom. The first-order valence-electron chi connectivity index (χ1n) is 6.74. The number of aromatic hydroxyl groups is 2. The number of aliphatic imine (C=N–C) groups is 2. The highest BCUT2D eigenvalue weighted by molar-refractivity contribution is 6.37. The Morgan fingerprint density at radius 1 is 0.667 bits per heavy atom. The zero-order chi connectivity index (χ0) is 17.7. The van der Waals surface area contributed by atoms with Crippen LogP contribution in [-0.2, 0) is 0 Å². The first-order chi connectivity index (χ1) is 11.4. The molecule has 0 saturated heterocycles. The van der Waals surface area contributed by atoms with Crippen molar-refractivity contribution in [2.24, 2.45) is 9.98 Å². The Kier molecular flexibility index (Phi) is 6.75. The van der Waals surface area contributed by atoms with Gasteiger partial charge in [-0.1, -0.05) is 46.4 Å². The number of benzene rings is 2. The molecule has 2 aromatic carbocycles. The van der Waals surface area contributed by atoms with E-state index in [9.17, 15) is 10.2 Å². The fraction of sp³-hybridized carbons (Fsp3) is 0.125. The van der Waals surface area contributed by atoms with Gasteiger partial charge < -0.3 is 10.2 Å². The maximum Gasteiger partial charge on any atom is 0.134 e. The Labute approximate surface area is 159 Å². The molecule has 0 aliphatic carbocycles. The van der Waals surface area contributed by atoms with Gasteiger partial charge in [0.15, 0.2) is 0 Å². The molecule has 0 radical (unpaired) electrons. The quantitative estimate of drug-likeness (QED) is 0.527. The summed E-state index contributed by atoms with van der Waals surface area (Å²) in [7, 11) is 0. The molecule has 0 heterocycles. The Hall–Kier alpha value is -1.46. The average molecular weight is 406 g/mol. The van der Waals surface area contributed by atoms with Gasteiger partial charge in [0.25, 0.3) is 0 Å². The van der Waals surface area contributed by atoms with Gasteiger partial charge in [0, 0.05) is 23.6 Å². The van der Waals surface area contributed by atoms with Gasteiger partial charge >= 0.3 is 0 Å². The molecule has 0 atom stereocenters. The van der Waals surface area contributed by atoms with Crippen LogP contribution in [0.5, 0.6) is 11.5 Å². The van der Waals surface area contributed by atoms with Gasteiger partial charge in [-0.25, -0.2) is 0 Å². The first-order valence-corrected chi connectivity index (χ1v) is 8.25. The van der Waals surface area contributed by atoms with Crippen LogP contribution in [0.2, 0.25) is 20.1 Å². The van der Waals surface area contributed by atoms with Crippen LogP contribution in [-0.4, -0.2) is 35.7 Å². The van der Waals surface area contributed by atoms with Crippen molar-refractivity contribution in [1.82, 2.24) is 0 Å². The zero-order valence-corrected chi connectivity index (χ0v) is 15.2. The van der Waals surface area contributed by atoms with Crippen molar-refractivity contribution >= 4 is 58.8 Å². The molecule has 0 aliphatic rings. The second-order valence-electron chi connectivity index (χ2n) is 4.72. The van der Waals surface area contributed by atoms with E-state index in [0.717, 1.165) is 0 Å². The molecule has 2 aromatic rings.